The van der Waals surface area contributed by atoms with Crippen molar-refractivity contribution < 1.29 is 0 Å². The summed E-state index contributed by atoms with van der Waals surface area (Å²) in [5, 5.41) is 0.752. The molecule has 4 heteroatoms. The van der Waals surface area contributed by atoms with Crippen LogP contribution >= 0.6 is 45.5 Å². The number of hydrogen-bond acceptors (Lipinski definition) is 2. The molecule has 94 valence electrons. The Morgan fingerprint density at radius 3 is 2.28 bits per heavy atom. The lowest BCUT2D eigenvalue weighted by Gasteiger charge is -2.07. The zero-order valence-electron chi connectivity index (χ0n) is 10.4. The van der Waals surface area contributed by atoms with Gasteiger partial charge in [-0.2, -0.15) is 0 Å². The van der Waals surface area contributed by atoms with E-state index in [0.717, 1.165) is 16.3 Å². The Morgan fingerprint density at radius 2 is 1.83 bits per heavy atom. The maximum Gasteiger partial charge on any atom is 0.0753 e. The van der Waals surface area contributed by atoms with Crippen LogP contribution in [0, 0.1) is 16.7 Å². The molecule has 0 N–H and O–H groups in total. The second kappa shape index (κ2) is 5.72. The van der Waals surface area contributed by atoms with E-state index in [1.54, 1.807) is 0 Å². The van der Waals surface area contributed by atoms with Gasteiger partial charge in [0, 0.05) is 28.1 Å². The Bertz CT molecular complexity index is 599. The molecule has 0 spiro atoms. The van der Waals surface area contributed by atoms with Crippen LogP contribution in [-0.2, 0) is 0 Å². The first-order valence-electron chi connectivity index (χ1n) is 5.53. The third-order valence-electron chi connectivity index (χ3n) is 2.92. The van der Waals surface area contributed by atoms with Crippen LogP contribution in [0.15, 0.2) is 29.3 Å². The molecule has 0 aliphatic rings. The number of halogens is 2. The molecule has 2 rings (SSSR count). The Balaban J connectivity index is 2.56. The number of aliphatic imine (C=N–C) groups is 1. The fraction of sp³-hybridized carbons (Fsp3) is 0.214. The van der Waals surface area contributed by atoms with Gasteiger partial charge in [0.25, 0.3) is 0 Å². The number of hydrogen-bond donors (Lipinski definition) is 0. The van der Waals surface area contributed by atoms with Crippen LogP contribution in [0.5, 0.6) is 0 Å². The molecule has 0 atom stereocenters. The van der Waals surface area contributed by atoms with E-state index >= 15 is 0 Å². The van der Waals surface area contributed by atoms with Gasteiger partial charge >= 0.3 is 0 Å². The van der Waals surface area contributed by atoms with Gasteiger partial charge in [-0.25, -0.2) is 0 Å². The average Bonchev–Trinajstić information content (AvgIpc) is 2.59. The van der Waals surface area contributed by atoms with Gasteiger partial charge in [-0.05, 0) is 54.1 Å². The van der Waals surface area contributed by atoms with Crippen molar-refractivity contribution >= 4 is 51.2 Å². The highest BCUT2D eigenvalue weighted by Gasteiger charge is 2.16. The van der Waals surface area contributed by atoms with Crippen molar-refractivity contribution in [3.63, 3.8) is 0 Å². The molecule has 0 saturated carbocycles. The smallest absolute Gasteiger partial charge is 0.0753 e. The lowest BCUT2D eigenvalue weighted by Crippen LogP contribution is -2.05. The van der Waals surface area contributed by atoms with Gasteiger partial charge < -0.3 is 0 Å². The molecule has 0 radical (unpaired) electrons. The largest absolute Gasteiger partial charge is 0.287 e. The highest BCUT2D eigenvalue weighted by Crippen LogP contribution is 2.31. The topological polar surface area (TPSA) is 12.4 Å². The summed E-state index contributed by atoms with van der Waals surface area (Å²) in [4.78, 5) is 5.82. The Labute approximate surface area is 130 Å². The van der Waals surface area contributed by atoms with Crippen LogP contribution in [0.4, 0.5) is 0 Å². The molecule has 1 heterocycles. The highest BCUT2D eigenvalue weighted by molar-refractivity contribution is 14.1. The van der Waals surface area contributed by atoms with Crippen LogP contribution in [0.3, 0.4) is 0 Å². The van der Waals surface area contributed by atoms with Gasteiger partial charge in [-0.15, -0.1) is 11.3 Å². The first-order chi connectivity index (χ1) is 8.54. The highest BCUT2D eigenvalue weighted by atomic mass is 127. The third kappa shape index (κ3) is 2.63. The number of rotatable bonds is 2. The average molecular weight is 390 g/mol. The Kier molecular flexibility index (Phi) is 4.45. The normalized spacial score (nSPS) is 11.9. The summed E-state index contributed by atoms with van der Waals surface area (Å²) in [5.74, 6) is 0. The van der Waals surface area contributed by atoms with E-state index in [2.05, 4.69) is 41.4 Å². The molecule has 0 aliphatic carbocycles. The fourth-order valence-electron chi connectivity index (χ4n) is 1.85. The van der Waals surface area contributed by atoms with E-state index in [1.807, 2.05) is 42.6 Å². The SMILES string of the molecule is CN=C(c1ccc(Cl)cc1)c1c(I)sc(C)c1C. The van der Waals surface area contributed by atoms with Crippen LogP contribution in [0.25, 0.3) is 0 Å². The maximum absolute atomic E-state index is 5.93. The van der Waals surface area contributed by atoms with Crippen molar-refractivity contribution in [2.45, 2.75) is 13.8 Å². The van der Waals surface area contributed by atoms with Gasteiger partial charge in [-0.3, -0.25) is 4.99 Å². The van der Waals surface area contributed by atoms with Crippen LogP contribution < -0.4 is 0 Å². The summed E-state index contributed by atoms with van der Waals surface area (Å²) in [6.07, 6.45) is 0. The monoisotopic (exact) mass is 389 g/mol. The van der Waals surface area contributed by atoms with Crippen molar-refractivity contribution in [1.82, 2.24) is 0 Å². The molecule has 0 amide bonds. The van der Waals surface area contributed by atoms with E-state index in [0.29, 0.717) is 0 Å². The van der Waals surface area contributed by atoms with Crippen molar-refractivity contribution in [2.24, 2.45) is 4.99 Å². The van der Waals surface area contributed by atoms with Crippen LogP contribution in [0.2, 0.25) is 5.02 Å². The maximum atomic E-state index is 5.93. The van der Waals surface area contributed by atoms with E-state index < -0.39 is 0 Å². The summed E-state index contributed by atoms with van der Waals surface area (Å²) in [5.41, 5.74) is 4.72. The molecule has 0 aliphatic heterocycles. The third-order valence-corrected chi connectivity index (χ3v) is 5.37. The molecule has 2 aromatic rings. The molecule has 1 aromatic carbocycles. The molecular weight excluding hydrogens is 377 g/mol. The number of aryl methyl sites for hydroxylation is 1. The molecular formula is C14H13ClINS. The summed E-state index contributed by atoms with van der Waals surface area (Å²) in [6.45, 7) is 4.31. The predicted molar refractivity (Wildman–Crippen MR) is 89.5 cm³/mol. The van der Waals surface area contributed by atoms with E-state index in [1.165, 1.54) is 18.9 Å². The number of benzene rings is 1. The first-order valence-corrected chi connectivity index (χ1v) is 7.80. The van der Waals surface area contributed by atoms with E-state index in [-0.39, 0.29) is 0 Å². The molecule has 0 bridgehead atoms. The predicted octanol–water partition coefficient (Wildman–Crippen LogP) is 5.09. The first kappa shape index (κ1) is 14.0. The number of nitrogens with zero attached hydrogens (tertiary/aromatic N) is 1. The van der Waals surface area contributed by atoms with Gasteiger partial charge in [0.05, 0.1) is 8.60 Å². The van der Waals surface area contributed by atoms with Crippen LogP contribution in [-0.4, -0.2) is 12.8 Å². The summed E-state index contributed by atoms with van der Waals surface area (Å²) < 4.78 is 1.29. The van der Waals surface area contributed by atoms with Crippen molar-refractivity contribution in [2.75, 3.05) is 7.05 Å². The molecule has 0 fully saturated rings. The molecule has 1 aromatic heterocycles. The zero-order chi connectivity index (χ0) is 13.3. The summed E-state index contributed by atoms with van der Waals surface area (Å²) in [7, 11) is 1.84. The van der Waals surface area contributed by atoms with Gasteiger partial charge in [-0.1, -0.05) is 23.7 Å². The van der Waals surface area contributed by atoms with Crippen molar-refractivity contribution in [1.29, 1.82) is 0 Å². The lowest BCUT2D eigenvalue weighted by atomic mass is 10.0. The lowest BCUT2D eigenvalue weighted by molar-refractivity contribution is 1.37. The van der Waals surface area contributed by atoms with Crippen molar-refractivity contribution in [3.05, 3.63) is 53.7 Å². The molecule has 1 nitrogen and oxygen atoms in total. The van der Waals surface area contributed by atoms with Crippen LogP contribution in [0.1, 0.15) is 21.6 Å². The minimum atomic E-state index is 0.752. The molecule has 0 saturated heterocycles. The fourth-order valence-corrected chi connectivity index (χ4v) is 4.50. The quantitative estimate of drug-likeness (QED) is 0.501. The molecule has 18 heavy (non-hydrogen) atoms. The Hall–Kier alpha value is -0.390. The zero-order valence-corrected chi connectivity index (χ0v) is 14.2. The summed E-state index contributed by atoms with van der Waals surface area (Å²) in [6, 6.07) is 7.85. The van der Waals surface area contributed by atoms with Gasteiger partial charge in [0.2, 0.25) is 0 Å². The minimum absolute atomic E-state index is 0.752. The number of thiophene rings is 1. The van der Waals surface area contributed by atoms with E-state index in [4.69, 9.17) is 11.6 Å². The minimum Gasteiger partial charge on any atom is -0.287 e. The van der Waals surface area contributed by atoms with Crippen molar-refractivity contribution in [3.8, 4) is 0 Å². The van der Waals surface area contributed by atoms with E-state index in [9.17, 15) is 0 Å². The van der Waals surface area contributed by atoms with Gasteiger partial charge in [0.15, 0.2) is 0 Å². The summed E-state index contributed by atoms with van der Waals surface area (Å²) >= 11 is 10.1. The standard InChI is InChI=1S/C14H13ClINS/c1-8-9(2)18-14(16)12(8)13(17-3)10-4-6-11(15)7-5-10/h4-7H,1-3H3. The second-order valence-corrected chi connectivity index (χ2v) is 7.48. The molecule has 0 unspecified atom stereocenters. The van der Waals surface area contributed by atoms with Gasteiger partial charge in [0.1, 0.15) is 0 Å². The Morgan fingerprint density at radius 1 is 1.22 bits per heavy atom. The second-order valence-electron chi connectivity index (χ2n) is 4.01.